The van der Waals surface area contributed by atoms with E-state index in [4.69, 9.17) is 5.11 Å². The third-order valence-corrected chi connectivity index (χ3v) is 2.80. The second kappa shape index (κ2) is 6.72. The van der Waals surface area contributed by atoms with Crippen LogP contribution >= 0.6 is 0 Å². The Kier molecular flexibility index (Phi) is 5.28. The summed E-state index contributed by atoms with van der Waals surface area (Å²) < 4.78 is 0. The zero-order valence-corrected chi connectivity index (χ0v) is 10.6. The van der Waals surface area contributed by atoms with E-state index >= 15 is 0 Å². The predicted molar refractivity (Wildman–Crippen MR) is 64.2 cm³/mol. The van der Waals surface area contributed by atoms with Gasteiger partial charge in [0.1, 0.15) is 6.54 Å². The first-order valence-corrected chi connectivity index (χ1v) is 5.99. The zero-order valence-electron chi connectivity index (χ0n) is 10.6. The first-order chi connectivity index (χ1) is 8.91. The number of nitrogens with zero attached hydrogens (tertiary/aromatic N) is 1. The average molecular weight is 271 g/mol. The molecule has 4 amide bonds. The molecular formula is C11H17N3O5. The smallest absolute Gasteiger partial charge is 0.325 e. The van der Waals surface area contributed by atoms with Crippen LogP contribution in [0, 0.1) is 5.92 Å². The van der Waals surface area contributed by atoms with Crippen molar-refractivity contribution < 1.29 is 24.3 Å². The number of urea groups is 1. The average Bonchev–Trinajstić information content (AvgIpc) is 2.66. The number of aliphatic carboxylic acids is 1. The van der Waals surface area contributed by atoms with E-state index in [9.17, 15) is 19.2 Å². The van der Waals surface area contributed by atoms with Gasteiger partial charge in [-0.2, -0.15) is 0 Å². The van der Waals surface area contributed by atoms with Crippen molar-refractivity contribution >= 4 is 23.8 Å². The quantitative estimate of drug-likeness (QED) is 0.412. The Morgan fingerprint density at radius 3 is 2.68 bits per heavy atom. The number of carboxylic acids is 1. The fourth-order valence-electron chi connectivity index (χ4n) is 1.57. The number of imide groups is 1. The summed E-state index contributed by atoms with van der Waals surface area (Å²) in [6, 6.07) is -0.570. The topological polar surface area (TPSA) is 116 Å². The van der Waals surface area contributed by atoms with Crippen LogP contribution < -0.4 is 10.6 Å². The molecule has 1 aliphatic heterocycles. The Morgan fingerprint density at radius 1 is 1.47 bits per heavy atom. The van der Waals surface area contributed by atoms with Crippen molar-refractivity contribution in [2.75, 3.05) is 19.6 Å². The van der Waals surface area contributed by atoms with Gasteiger partial charge in [0.05, 0.1) is 12.5 Å². The van der Waals surface area contributed by atoms with Gasteiger partial charge in [-0.25, -0.2) is 4.79 Å². The number of nitrogens with one attached hydrogen (secondary N) is 2. The SMILES string of the molecule is CC(CCCNC(=O)CN1C(=O)CNC1=O)C(=O)O. The lowest BCUT2D eigenvalue weighted by molar-refractivity contribution is -0.141. The fraction of sp³-hybridized carbons (Fsp3) is 0.636. The van der Waals surface area contributed by atoms with E-state index in [1.807, 2.05) is 0 Å². The highest BCUT2D eigenvalue weighted by molar-refractivity contribution is 6.04. The number of carbonyl (C=O) groups is 4. The van der Waals surface area contributed by atoms with Crippen LogP contribution in [0.15, 0.2) is 0 Å². The minimum absolute atomic E-state index is 0.0811. The molecule has 0 spiro atoms. The molecule has 19 heavy (non-hydrogen) atoms. The summed E-state index contributed by atoms with van der Waals surface area (Å²) >= 11 is 0. The highest BCUT2D eigenvalue weighted by atomic mass is 16.4. The molecule has 0 saturated carbocycles. The maximum atomic E-state index is 11.5. The summed E-state index contributed by atoms with van der Waals surface area (Å²) in [5.74, 6) is -2.19. The van der Waals surface area contributed by atoms with E-state index in [-0.39, 0.29) is 13.1 Å². The number of carbonyl (C=O) groups excluding carboxylic acids is 3. The van der Waals surface area contributed by atoms with E-state index in [1.165, 1.54) is 0 Å². The van der Waals surface area contributed by atoms with Gasteiger partial charge in [-0.1, -0.05) is 6.92 Å². The van der Waals surface area contributed by atoms with Gasteiger partial charge in [0.25, 0.3) is 5.91 Å². The summed E-state index contributed by atoms with van der Waals surface area (Å²) in [6.07, 6.45) is 0.984. The minimum Gasteiger partial charge on any atom is -0.481 e. The molecule has 0 aromatic carbocycles. The third kappa shape index (κ3) is 4.57. The molecule has 1 saturated heterocycles. The van der Waals surface area contributed by atoms with Gasteiger partial charge in [0.2, 0.25) is 5.91 Å². The molecule has 1 fully saturated rings. The van der Waals surface area contributed by atoms with Crippen LogP contribution in [-0.4, -0.2) is 53.5 Å². The van der Waals surface area contributed by atoms with Gasteiger partial charge in [0.15, 0.2) is 0 Å². The van der Waals surface area contributed by atoms with E-state index in [0.29, 0.717) is 19.4 Å². The van der Waals surface area contributed by atoms with Crippen LogP contribution in [-0.2, 0) is 14.4 Å². The van der Waals surface area contributed by atoms with Crippen molar-refractivity contribution in [1.29, 1.82) is 0 Å². The Hall–Kier alpha value is -2.12. The minimum atomic E-state index is -0.870. The van der Waals surface area contributed by atoms with E-state index in [0.717, 1.165) is 4.90 Å². The molecule has 8 heteroatoms. The first-order valence-electron chi connectivity index (χ1n) is 5.99. The molecule has 1 atom stereocenters. The van der Waals surface area contributed by atoms with Gasteiger partial charge in [-0.3, -0.25) is 19.3 Å². The van der Waals surface area contributed by atoms with Crippen molar-refractivity contribution in [3.05, 3.63) is 0 Å². The maximum absolute atomic E-state index is 11.5. The first kappa shape index (κ1) is 14.9. The lowest BCUT2D eigenvalue weighted by Crippen LogP contribution is -2.41. The van der Waals surface area contributed by atoms with Crippen molar-refractivity contribution in [1.82, 2.24) is 15.5 Å². The number of hydrogen-bond acceptors (Lipinski definition) is 4. The maximum Gasteiger partial charge on any atom is 0.325 e. The summed E-state index contributed by atoms with van der Waals surface area (Å²) in [7, 11) is 0. The predicted octanol–water partition coefficient (Wildman–Crippen LogP) is -0.845. The van der Waals surface area contributed by atoms with Crippen LogP contribution in [0.2, 0.25) is 0 Å². The lowest BCUT2D eigenvalue weighted by atomic mass is 10.1. The summed E-state index contributed by atoms with van der Waals surface area (Å²) in [6.45, 7) is 1.53. The van der Waals surface area contributed by atoms with Crippen LogP contribution in [0.1, 0.15) is 19.8 Å². The van der Waals surface area contributed by atoms with Gasteiger partial charge in [0, 0.05) is 6.54 Å². The van der Waals surface area contributed by atoms with Gasteiger partial charge >= 0.3 is 12.0 Å². The van der Waals surface area contributed by atoms with Crippen LogP contribution in [0.3, 0.4) is 0 Å². The number of hydrogen-bond donors (Lipinski definition) is 3. The molecule has 1 heterocycles. The molecule has 106 valence electrons. The number of carboxylic acid groups (broad SMARTS) is 1. The van der Waals surface area contributed by atoms with Crippen molar-refractivity contribution in [2.24, 2.45) is 5.92 Å². The van der Waals surface area contributed by atoms with E-state index in [2.05, 4.69) is 10.6 Å². The van der Waals surface area contributed by atoms with Gasteiger partial charge in [-0.15, -0.1) is 0 Å². The molecule has 0 aromatic heterocycles. The molecule has 1 rings (SSSR count). The molecule has 8 nitrogen and oxygen atoms in total. The van der Waals surface area contributed by atoms with E-state index in [1.54, 1.807) is 6.92 Å². The second-order valence-corrected chi connectivity index (χ2v) is 4.37. The highest BCUT2D eigenvalue weighted by Crippen LogP contribution is 2.04. The number of rotatable bonds is 7. The molecule has 0 aromatic rings. The fourth-order valence-corrected chi connectivity index (χ4v) is 1.57. The largest absolute Gasteiger partial charge is 0.481 e. The molecule has 1 aliphatic rings. The Morgan fingerprint density at radius 2 is 2.16 bits per heavy atom. The molecular weight excluding hydrogens is 254 g/mol. The van der Waals surface area contributed by atoms with Crippen LogP contribution in [0.5, 0.6) is 0 Å². The molecule has 1 unspecified atom stereocenters. The number of amides is 4. The Labute approximate surface area is 110 Å². The molecule has 0 bridgehead atoms. The standard InChI is InChI=1S/C11H17N3O5/c1-7(10(17)18)3-2-4-12-8(15)6-14-9(16)5-13-11(14)19/h7H,2-6H2,1H3,(H,12,15)(H,13,19)(H,17,18). The Bertz CT molecular complexity index is 380. The summed E-state index contributed by atoms with van der Waals surface area (Å²) in [4.78, 5) is 45.2. The normalized spacial score (nSPS) is 16.2. The second-order valence-electron chi connectivity index (χ2n) is 4.37. The summed E-state index contributed by atoms with van der Waals surface area (Å²) in [5.41, 5.74) is 0. The molecule has 0 aliphatic carbocycles. The van der Waals surface area contributed by atoms with Gasteiger partial charge < -0.3 is 15.7 Å². The van der Waals surface area contributed by atoms with Crippen molar-refractivity contribution in [2.45, 2.75) is 19.8 Å². The molecule has 0 radical (unpaired) electrons. The van der Waals surface area contributed by atoms with Crippen molar-refractivity contribution in [3.8, 4) is 0 Å². The Balaban J connectivity index is 2.20. The highest BCUT2D eigenvalue weighted by Gasteiger charge is 2.29. The van der Waals surface area contributed by atoms with E-state index < -0.39 is 29.7 Å². The zero-order chi connectivity index (χ0) is 14.4. The lowest BCUT2D eigenvalue weighted by Gasteiger charge is -2.12. The third-order valence-electron chi connectivity index (χ3n) is 2.80. The van der Waals surface area contributed by atoms with Crippen LogP contribution in [0.25, 0.3) is 0 Å². The van der Waals surface area contributed by atoms with Crippen LogP contribution in [0.4, 0.5) is 4.79 Å². The van der Waals surface area contributed by atoms with Crippen molar-refractivity contribution in [3.63, 3.8) is 0 Å². The monoisotopic (exact) mass is 271 g/mol. The summed E-state index contributed by atoms with van der Waals surface area (Å²) in [5, 5.41) is 13.5. The van der Waals surface area contributed by atoms with Gasteiger partial charge in [-0.05, 0) is 12.8 Å². The molecule has 3 N–H and O–H groups in total.